The third-order valence-corrected chi connectivity index (χ3v) is 6.46. The lowest BCUT2D eigenvalue weighted by molar-refractivity contribution is 0.572. The number of hydrogen-bond donors (Lipinski definition) is 0. The Morgan fingerprint density at radius 1 is 0.933 bits per heavy atom. The van der Waals surface area contributed by atoms with Crippen molar-refractivity contribution in [3.8, 4) is 22.5 Å². The van der Waals surface area contributed by atoms with Crippen molar-refractivity contribution in [2.75, 3.05) is 0 Å². The fourth-order valence-electron chi connectivity index (χ4n) is 3.36. The fourth-order valence-corrected chi connectivity index (χ4v) is 4.70. The van der Waals surface area contributed by atoms with Crippen molar-refractivity contribution >= 4 is 21.1 Å². The van der Waals surface area contributed by atoms with Crippen molar-refractivity contribution in [3.63, 3.8) is 0 Å². The van der Waals surface area contributed by atoms with Gasteiger partial charge >= 0.3 is 0 Å². The number of oxazole rings is 1. The van der Waals surface area contributed by atoms with Crippen LogP contribution in [0.3, 0.4) is 0 Å². The first kappa shape index (κ1) is 18.3. The van der Waals surface area contributed by atoms with Crippen molar-refractivity contribution in [3.05, 3.63) is 91.5 Å². The molecule has 0 saturated heterocycles. The van der Waals surface area contributed by atoms with Crippen molar-refractivity contribution in [1.82, 2.24) is 13.9 Å². The van der Waals surface area contributed by atoms with Gasteiger partial charge in [0.1, 0.15) is 5.82 Å². The van der Waals surface area contributed by atoms with E-state index in [9.17, 15) is 12.8 Å². The zero-order valence-electron chi connectivity index (χ0n) is 15.4. The van der Waals surface area contributed by atoms with Gasteiger partial charge in [0.15, 0.2) is 17.8 Å². The molecule has 8 heteroatoms. The molecule has 3 heterocycles. The van der Waals surface area contributed by atoms with Gasteiger partial charge in [-0.1, -0.05) is 36.4 Å². The summed E-state index contributed by atoms with van der Waals surface area (Å²) in [5, 5.41) is 0.506. The average Bonchev–Trinajstić information content (AvgIpc) is 3.42. The summed E-state index contributed by atoms with van der Waals surface area (Å²) in [5.41, 5.74) is 1.60. The zero-order valence-corrected chi connectivity index (χ0v) is 16.3. The predicted octanol–water partition coefficient (Wildman–Crippen LogP) is 4.73. The largest absolute Gasteiger partial charge is 0.443 e. The van der Waals surface area contributed by atoms with Gasteiger partial charge in [-0.15, -0.1) is 0 Å². The first-order chi connectivity index (χ1) is 14.6. The molecule has 0 aliphatic carbocycles. The van der Waals surface area contributed by atoms with Crippen LogP contribution >= 0.6 is 0 Å². The Labute approximate surface area is 171 Å². The molecule has 3 aromatic heterocycles. The maximum absolute atomic E-state index is 14.3. The van der Waals surface area contributed by atoms with E-state index >= 15 is 0 Å². The Hall–Kier alpha value is -3.78. The van der Waals surface area contributed by atoms with Gasteiger partial charge in [0.05, 0.1) is 11.1 Å². The number of rotatable bonds is 4. The van der Waals surface area contributed by atoms with Gasteiger partial charge in [-0.25, -0.2) is 26.7 Å². The molecule has 2 aromatic carbocycles. The maximum Gasteiger partial charge on any atom is 0.269 e. The molecule has 0 spiro atoms. The molecule has 0 aliphatic rings. The van der Waals surface area contributed by atoms with Gasteiger partial charge in [0.25, 0.3) is 10.0 Å². The van der Waals surface area contributed by atoms with E-state index in [1.165, 1.54) is 43.2 Å². The van der Waals surface area contributed by atoms with Gasteiger partial charge in [0.2, 0.25) is 0 Å². The molecular formula is C22H14FN3O3S. The van der Waals surface area contributed by atoms with E-state index in [1.54, 1.807) is 42.5 Å². The SMILES string of the molecule is O=S(=O)(c1ccccc1)n1cc(-c2cnco2)c2cc(-c3ccccc3F)cnc21. The minimum Gasteiger partial charge on any atom is -0.443 e. The van der Waals surface area contributed by atoms with Crippen LogP contribution in [-0.4, -0.2) is 22.4 Å². The predicted molar refractivity (Wildman–Crippen MR) is 110 cm³/mol. The van der Waals surface area contributed by atoms with Crippen LogP contribution in [0.4, 0.5) is 4.39 Å². The zero-order chi connectivity index (χ0) is 20.7. The summed E-state index contributed by atoms with van der Waals surface area (Å²) in [6.45, 7) is 0. The normalized spacial score (nSPS) is 11.8. The van der Waals surface area contributed by atoms with E-state index in [1.807, 2.05) is 0 Å². The van der Waals surface area contributed by atoms with Crippen LogP contribution in [0.25, 0.3) is 33.5 Å². The maximum atomic E-state index is 14.3. The first-order valence-corrected chi connectivity index (χ1v) is 10.5. The molecule has 0 amide bonds. The van der Waals surface area contributed by atoms with Crippen LogP contribution in [0.15, 0.2) is 95.0 Å². The minimum absolute atomic E-state index is 0.131. The lowest BCUT2D eigenvalue weighted by Crippen LogP contribution is -2.12. The summed E-state index contributed by atoms with van der Waals surface area (Å²) in [7, 11) is -3.90. The monoisotopic (exact) mass is 419 g/mol. The van der Waals surface area contributed by atoms with Gasteiger partial charge in [-0.2, -0.15) is 0 Å². The Kier molecular flexibility index (Phi) is 4.22. The van der Waals surface area contributed by atoms with Crippen molar-refractivity contribution in [1.29, 1.82) is 0 Å². The van der Waals surface area contributed by atoms with Gasteiger partial charge in [-0.3, -0.25) is 0 Å². The standard InChI is InChI=1S/C22H14FN3O3S/c23-20-9-5-4-8-17(20)15-10-18-19(21-12-24-14-29-21)13-26(22(18)25-11-15)30(27,28)16-6-2-1-3-7-16/h1-14H. The van der Waals surface area contributed by atoms with Crippen molar-refractivity contribution in [2.45, 2.75) is 4.90 Å². The van der Waals surface area contributed by atoms with Crippen LogP contribution < -0.4 is 0 Å². The molecule has 0 bridgehead atoms. The lowest BCUT2D eigenvalue weighted by atomic mass is 10.0. The summed E-state index contributed by atoms with van der Waals surface area (Å²) in [5.74, 6) is -0.00861. The molecule has 148 valence electrons. The van der Waals surface area contributed by atoms with E-state index in [-0.39, 0.29) is 10.5 Å². The second-order valence-corrected chi connectivity index (χ2v) is 8.41. The second-order valence-electron chi connectivity index (χ2n) is 6.60. The molecule has 0 atom stereocenters. The smallest absolute Gasteiger partial charge is 0.269 e. The van der Waals surface area contributed by atoms with E-state index < -0.39 is 15.8 Å². The third-order valence-electron chi connectivity index (χ3n) is 4.79. The Bertz CT molecular complexity index is 1460. The van der Waals surface area contributed by atoms with Crippen LogP contribution in [0.2, 0.25) is 0 Å². The number of aromatic nitrogens is 3. The average molecular weight is 419 g/mol. The molecule has 0 fully saturated rings. The summed E-state index contributed by atoms with van der Waals surface area (Å²) in [6, 6.07) is 16.1. The highest BCUT2D eigenvalue weighted by molar-refractivity contribution is 7.90. The summed E-state index contributed by atoms with van der Waals surface area (Å²) < 4.78 is 47.3. The molecule has 5 aromatic rings. The summed E-state index contributed by atoms with van der Waals surface area (Å²) >= 11 is 0. The molecule has 0 unspecified atom stereocenters. The van der Waals surface area contributed by atoms with Crippen LogP contribution in [0.5, 0.6) is 0 Å². The highest BCUT2D eigenvalue weighted by atomic mass is 32.2. The molecule has 0 aliphatic heterocycles. The van der Waals surface area contributed by atoms with Crippen molar-refractivity contribution in [2.24, 2.45) is 0 Å². The summed E-state index contributed by atoms with van der Waals surface area (Å²) in [4.78, 5) is 8.43. The minimum atomic E-state index is -3.90. The van der Waals surface area contributed by atoms with Crippen LogP contribution in [0.1, 0.15) is 0 Å². The molecular weight excluding hydrogens is 405 g/mol. The Morgan fingerprint density at radius 3 is 2.43 bits per heavy atom. The first-order valence-electron chi connectivity index (χ1n) is 9.01. The fraction of sp³-hybridized carbons (Fsp3) is 0. The van der Waals surface area contributed by atoms with E-state index in [0.717, 1.165) is 3.97 Å². The van der Waals surface area contributed by atoms with Gasteiger partial charge in [0, 0.05) is 34.5 Å². The quantitative estimate of drug-likeness (QED) is 0.421. The number of benzene rings is 2. The molecule has 0 saturated carbocycles. The van der Waals surface area contributed by atoms with Crippen LogP contribution in [-0.2, 0) is 10.0 Å². The number of nitrogens with zero attached hydrogens (tertiary/aromatic N) is 3. The number of pyridine rings is 1. The van der Waals surface area contributed by atoms with E-state index in [4.69, 9.17) is 4.42 Å². The third kappa shape index (κ3) is 2.89. The molecule has 5 rings (SSSR count). The van der Waals surface area contributed by atoms with Gasteiger partial charge < -0.3 is 4.42 Å². The number of fused-ring (bicyclic) bond motifs is 1. The topological polar surface area (TPSA) is 78.0 Å². The Morgan fingerprint density at radius 2 is 1.70 bits per heavy atom. The Balaban J connectivity index is 1.79. The second kappa shape index (κ2) is 6.93. The van der Waals surface area contributed by atoms with Crippen LogP contribution in [0, 0.1) is 5.82 Å². The molecule has 6 nitrogen and oxygen atoms in total. The molecule has 30 heavy (non-hydrogen) atoms. The molecule has 0 radical (unpaired) electrons. The molecule has 0 N–H and O–H groups in total. The number of halogens is 1. The number of hydrogen-bond acceptors (Lipinski definition) is 5. The summed E-state index contributed by atoms with van der Waals surface area (Å²) in [6.07, 6.45) is 5.66. The highest BCUT2D eigenvalue weighted by Gasteiger charge is 2.24. The van der Waals surface area contributed by atoms with E-state index in [0.29, 0.717) is 27.8 Å². The van der Waals surface area contributed by atoms with Crippen molar-refractivity contribution < 1.29 is 17.2 Å². The lowest BCUT2D eigenvalue weighted by Gasteiger charge is -2.07. The highest BCUT2D eigenvalue weighted by Crippen LogP contribution is 2.34. The van der Waals surface area contributed by atoms with E-state index in [2.05, 4.69) is 9.97 Å². The van der Waals surface area contributed by atoms with Gasteiger partial charge in [-0.05, 0) is 24.3 Å².